The number of carboxylic acid groups (broad SMARTS) is 1. The second kappa shape index (κ2) is 5.02. The molecule has 0 fully saturated rings. The lowest BCUT2D eigenvalue weighted by Gasteiger charge is -2.07. The predicted molar refractivity (Wildman–Crippen MR) is 58.4 cm³/mol. The molecule has 0 unspecified atom stereocenters. The molecule has 0 aliphatic heterocycles. The lowest BCUT2D eigenvalue weighted by Crippen LogP contribution is -2.08. The van der Waals surface area contributed by atoms with Gasteiger partial charge in [0, 0.05) is 3.57 Å². The van der Waals surface area contributed by atoms with Crippen molar-refractivity contribution in [3.05, 3.63) is 26.6 Å². The summed E-state index contributed by atoms with van der Waals surface area (Å²) in [6.07, 6.45) is -2.92. The summed E-state index contributed by atoms with van der Waals surface area (Å²) in [7, 11) is 0. The first-order valence-electron chi connectivity index (χ1n) is 3.74. The van der Waals surface area contributed by atoms with Crippen LogP contribution in [0.3, 0.4) is 0 Å². The molecule has 15 heavy (non-hydrogen) atoms. The molecule has 0 aliphatic rings. The zero-order valence-electron chi connectivity index (χ0n) is 7.18. The van der Waals surface area contributed by atoms with Gasteiger partial charge in [-0.3, -0.25) is 0 Å². The number of aromatic carboxylic acids is 1. The minimum absolute atomic E-state index is 0.0299. The van der Waals surface area contributed by atoms with Crippen molar-refractivity contribution in [3.63, 3.8) is 0 Å². The van der Waals surface area contributed by atoms with Gasteiger partial charge in [0.15, 0.2) is 0 Å². The maximum Gasteiger partial charge on any atom is 0.337 e. The Labute approximate surface area is 103 Å². The van der Waals surface area contributed by atoms with Crippen molar-refractivity contribution in [2.75, 3.05) is 0 Å². The third-order valence-corrected chi connectivity index (χ3v) is 2.83. The monoisotopic (exact) mass is 347 g/mol. The molecule has 0 amide bonds. The first kappa shape index (κ1) is 12.6. The van der Waals surface area contributed by atoms with Crippen LogP contribution in [0.25, 0.3) is 0 Å². The summed E-state index contributed by atoms with van der Waals surface area (Å²) in [5.41, 5.74) is -0.959. The third-order valence-electron chi connectivity index (χ3n) is 1.64. The molecule has 0 aliphatic carbocycles. The molecule has 0 spiro atoms. The van der Waals surface area contributed by atoms with Gasteiger partial charge in [-0.15, -0.1) is 11.6 Å². The molecule has 0 saturated carbocycles. The zero-order valence-corrected chi connectivity index (χ0v) is 10.1. The highest BCUT2D eigenvalue weighted by atomic mass is 127. The SMILES string of the molecule is O=C(O)c1cc(I)c(CCl)nc1C(F)F. The van der Waals surface area contributed by atoms with Crippen LogP contribution in [-0.2, 0) is 5.88 Å². The van der Waals surface area contributed by atoms with Crippen LogP contribution < -0.4 is 0 Å². The normalized spacial score (nSPS) is 10.7. The standard InChI is InChI=1S/C8H5ClF2INO2/c9-2-5-4(12)1-3(8(14)15)6(13-5)7(10)11/h1,7H,2H2,(H,14,15). The van der Waals surface area contributed by atoms with Gasteiger partial charge in [-0.2, -0.15) is 0 Å². The van der Waals surface area contributed by atoms with E-state index in [2.05, 4.69) is 4.98 Å². The number of halogens is 4. The first-order valence-corrected chi connectivity index (χ1v) is 5.35. The lowest BCUT2D eigenvalue weighted by molar-refractivity contribution is 0.0682. The van der Waals surface area contributed by atoms with Crippen LogP contribution in [0.4, 0.5) is 8.78 Å². The Bertz CT molecular complexity index is 400. The van der Waals surface area contributed by atoms with Gasteiger partial charge in [0.1, 0.15) is 5.69 Å². The fourth-order valence-corrected chi connectivity index (χ4v) is 2.03. The molecule has 0 aromatic carbocycles. The van der Waals surface area contributed by atoms with E-state index in [0.717, 1.165) is 6.07 Å². The highest BCUT2D eigenvalue weighted by molar-refractivity contribution is 14.1. The molecule has 0 atom stereocenters. The Hall–Kier alpha value is -0.500. The van der Waals surface area contributed by atoms with Crippen LogP contribution in [0.2, 0.25) is 0 Å². The molecule has 1 rings (SSSR count). The third kappa shape index (κ3) is 2.75. The molecule has 1 aromatic rings. The van der Waals surface area contributed by atoms with E-state index in [0.29, 0.717) is 3.57 Å². The van der Waals surface area contributed by atoms with Crippen LogP contribution in [0.15, 0.2) is 6.07 Å². The number of alkyl halides is 3. The molecule has 1 N–H and O–H groups in total. The molecular weight excluding hydrogens is 342 g/mol. The highest BCUT2D eigenvalue weighted by Gasteiger charge is 2.21. The minimum Gasteiger partial charge on any atom is -0.478 e. The molecule has 3 nitrogen and oxygen atoms in total. The summed E-state index contributed by atoms with van der Waals surface area (Å²) in [5.74, 6) is -1.45. The predicted octanol–water partition coefficient (Wildman–Crippen LogP) is 3.06. The summed E-state index contributed by atoms with van der Waals surface area (Å²) in [5, 5.41) is 8.69. The Morgan fingerprint density at radius 1 is 1.67 bits per heavy atom. The second-order valence-electron chi connectivity index (χ2n) is 2.59. The molecular formula is C8H5ClF2INO2. The van der Waals surface area contributed by atoms with Gasteiger partial charge in [0.2, 0.25) is 0 Å². The molecule has 7 heteroatoms. The van der Waals surface area contributed by atoms with Crippen molar-refractivity contribution in [3.8, 4) is 0 Å². The van der Waals surface area contributed by atoms with Gasteiger partial charge in [-0.05, 0) is 28.7 Å². The fraction of sp³-hybridized carbons (Fsp3) is 0.250. The van der Waals surface area contributed by atoms with Crippen molar-refractivity contribution in [2.45, 2.75) is 12.3 Å². The largest absolute Gasteiger partial charge is 0.478 e. The van der Waals surface area contributed by atoms with Crippen molar-refractivity contribution in [2.24, 2.45) is 0 Å². The van der Waals surface area contributed by atoms with E-state index in [1.165, 1.54) is 0 Å². The van der Waals surface area contributed by atoms with Crippen LogP contribution >= 0.6 is 34.2 Å². The number of rotatable bonds is 3. The van der Waals surface area contributed by atoms with Crippen LogP contribution in [0.1, 0.15) is 28.2 Å². The Morgan fingerprint density at radius 3 is 2.67 bits per heavy atom. The topological polar surface area (TPSA) is 50.2 Å². The van der Waals surface area contributed by atoms with Gasteiger partial charge >= 0.3 is 5.97 Å². The molecule has 0 bridgehead atoms. The van der Waals surface area contributed by atoms with Crippen molar-refractivity contribution in [1.29, 1.82) is 0 Å². The Balaban J connectivity index is 3.38. The first-order chi connectivity index (χ1) is 6.97. The molecule has 1 heterocycles. The number of hydrogen-bond donors (Lipinski definition) is 1. The van der Waals surface area contributed by atoms with Gasteiger partial charge in [0.25, 0.3) is 6.43 Å². The number of hydrogen-bond acceptors (Lipinski definition) is 2. The summed E-state index contributed by atoms with van der Waals surface area (Å²) < 4.78 is 25.4. The van der Waals surface area contributed by atoms with Crippen LogP contribution in [-0.4, -0.2) is 16.1 Å². The lowest BCUT2D eigenvalue weighted by atomic mass is 10.2. The average Bonchev–Trinajstić information content (AvgIpc) is 2.16. The van der Waals surface area contributed by atoms with E-state index in [4.69, 9.17) is 16.7 Å². The van der Waals surface area contributed by atoms with E-state index in [1.54, 1.807) is 22.6 Å². The van der Waals surface area contributed by atoms with Gasteiger partial charge in [-0.25, -0.2) is 18.6 Å². The van der Waals surface area contributed by atoms with Crippen LogP contribution in [0.5, 0.6) is 0 Å². The average molecular weight is 347 g/mol. The molecule has 0 radical (unpaired) electrons. The van der Waals surface area contributed by atoms with Crippen molar-refractivity contribution >= 4 is 40.2 Å². The molecule has 82 valence electrons. The molecule has 1 aromatic heterocycles. The number of carboxylic acids is 1. The number of pyridine rings is 1. The fourth-order valence-electron chi connectivity index (χ4n) is 0.974. The zero-order chi connectivity index (χ0) is 11.6. The van der Waals surface area contributed by atoms with Crippen molar-refractivity contribution < 1.29 is 18.7 Å². The maximum atomic E-state index is 12.5. The Morgan fingerprint density at radius 2 is 2.27 bits per heavy atom. The highest BCUT2D eigenvalue weighted by Crippen LogP contribution is 2.25. The Kier molecular flexibility index (Phi) is 4.21. The molecule has 0 saturated heterocycles. The van der Waals surface area contributed by atoms with E-state index in [1.807, 2.05) is 0 Å². The summed E-state index contributed by atoms with van der Waals surface area (Å²) in [4.78, 5) is 14.2. The number of aromatic nitrogens is 1. The summed E-state index contributed by atoms with van der Waals surface area (Å²) in [6.45, 7) is 0. The van der Waals surface area contributed by atoms with Gasteiger partial charge < -0.3 is 5.11 Å². The second-order valence-corrected chi connectivity index (χ2v) is 4.02. The summed E-state index contributed by atoms with van der Waals surface area (Å²) in [6, 6.07) is 1.15. The van der Waals surface area contributed by atoms with Crippen molar-refractivity contribution in [1.82, 2.24) is 4.98 Å². The minimum atomic E-state index is -2.92. The van der Waals surface area contributed by atoms with E-state index in [-0.39, 0.29) is 11.6 Å². The maximum absolute atomic E-state index is 12.5. The van der Waals surface area contributed by atoms with E-state index < -0.39 is 23.7 Å². The number of nitrogens with zero attached hydrogens (tertiary/aromatic N) is 1. The van der Waals surface area contributed by atoms with Crippen LogP contribution in [0, 0.1) is 3.57 Å². The quantitative estimate of drug-likeness (QED) is 0.675. The van der Waals surface area contributed by atoms with E-state index in [9.17, 15) is 13.6 Å². The van der Waals surface area contributed by atoms with Gasteiger partial charge in [-0.1, -0.05) is 0 Å². The van der Waals surface area contributed by atoms with E-state index >= 15 is 0 Å². The number of carbonyl (C=O) groups is 1. The smallest absolute Gasteiger partial charge is 0.337 e. The summed E-state index contributed by atoms with van der Waals surface area (Å²) >= 11 is 7.29. The van der Waals surface area contributed by atoms with Gasteiger partial charge in [0.05, 0.1) is 17.1 Å².